The highest BCUT2D eigenvalue weighted by molar-refractivity contribution is 6.30. The number of nitrogens with zero attached hydrogens (tertiary/aromatic N) is 2. The van der Waals surface area contributed by atoms with E-state index in [1.54, 1.807) is 34.1 Å². The molecule has 1 saturated heterocycles. The number of piperazine rings is 1. The van der Waals surface area contributed by atoms with Crippen LogP contribution in [-0.2, 0) is 4.79 Å². The van der Waals surface area contributed by atoms with E-state index in [2.05, 4.69) is 26.1 Å². The van der Waals surface area contributed by atoms with Crippen molar-refractivity contribution >= 4 is 23.5 Å². The number of urea groups is 1. The first-order chi connectivity index (χ1) is 11.7. The molecule has 0 bridgehead atoms. The zero-order valence-electron chi connectivity index (χ0n) is 15.0. The summed E-state index contributed by atoms with van der Waals surface area (Å²) in [5.41, 5.74) is 0.0481. The van der Waals surface area contributed by atoms with Crippen LogP contribution in [0, 0.1) is 5.41 Å². The summed E-state index contributed by atoms with van der Waals surface area (Å²) in [6.45, 7) is 8.93. The SMILES string of the molecule is CC(C)(C)CNC(=O)N1CCN(C(=O)COc2ccc(Cl)cc2)CC1. The van der Waals surface area contributed by atoms with Crippen molar-refractivity contribution in [3.63, 3.8) is 0 Å². The first-order valence-corrected chi connectivity index (χ1v) is 8.81. The molecule has 0 spiro atoms. The molecule has 1 aliphatic rings. The van der Waals surface area contributed by atoms with Gasteiger partial charge in [-0.25, -0.2) is 4.79 Å². The summed E-state index contributed by atoms with van der Waals surface area (Å²) in [5.74, 6) is 0.530. The monoisotopic (exact) mass is 367 g/mol. The van der Waals surface area contributed by atoms with Gasteiger partial charge in [-0.05, 0) is 29.7 Å². The lowest BCUT2D eigenvalue weighted by Gasteiger charge is -2.35. The average Bonchev–Trinajstić information content (AvgIpc) is 2.58. The van der Waals surface area contributed by atoms with Crippen molar-refractivity contribution in [2.24, 2.45) is 5.41 Å². The van der Waals surface area contributed by atoms with Crippen LogP contribution < -0.4 is 10.1 Å². The van der Waals surface area contributed by atoms with Gasteiger partial charge in [-0.15, -0.1) is 0 Å². The van der Waals surface area contributed by atoms with Crippen LogP contribution in [0.25, 0.3) is 0 Å². The number of hydrogen-bond donors (Lipinski definition) is 1. The van der Waals surface area contributed by atoms with Crippen molar-refractivity contribution in [1.29, 1.82) is 0 Å². The second-order valence-electron chi connectivity index (χ2n) is 7.33. The van der Waals surface area contributed by atoms with Crippen LogP contribution in [0.2, 0.25) is 5.02 Å². The molecule has 1 N–H and O–H groups in total. The van der Waals surface area contributed by atoms with Gasteiger partial charge in [0, 0.05) is 37.7 Å². The second-order valence-corrected chi connectivity index (χ2v) is 7.77. The molecule has 1 aliphatic heterocycles. The number of amides is 3. The van der Waals surface area contributed by atoms with E-state index in [0.717, 1.165) is 0 Å². The maximum absolute atomic E-state index is 12.2. The molecule has 1 fully saturated rings. The van der Waals surface area contributed by atoms with Gasteiger partial charge in [0.1, 0.15) is 5.75 Å². The first-order valence-electron chi connectivity index (χ1n) is 8.43. The molecular formula is C18H26ClN3O3. The number of halogens is 1. The molecule has 0 saturated carbocycles. The van der Waals surface area contributed by atoms with Crippen LogP contribution in [0.3, 0.4) is 0 Å². The summed E-state index contributed by atoms with van der Waals surface area (Å²) in [6.07, 6.45) is 0. The van der Waals surface area contributed by atoms with Crippen LogP contribution in [0.1, 0.15) is 20.8 Å². The standard InChI is InChI=1S/C18H26ClN3O3/c1-18(2,3)13-20-17(24)22-10-8-21(9-11-22)16(23)12-25-15-6-4-14(19)5-7-15/h4-7H,8-13H2,1-3H3,(H,20,24). The van der Waals surface area contributed by atoms with E-state index in [-0.39, 0.29) is 24.0 Å². The molecular weight excluding hydrogens is 342 g/mol. The maximum Gasteiger partial charge on any atom is 0.317 e. The van der Waals surface area contributed by atoms with Crippen molar-refractivity contribution < 1.29 is 14.3 Å². The Bertz CT molecular complexity index is 591. The van der Waals surface area contributed by atoms with E-state index in [9.17, 15) is 9.59 Å². The third kappa shape index (κ3) is 6.46. The summed E-state index contributed by atoms with van der Waals surface area (Å²) in [7, 11) is 0. The lowest BCUT2D eigenvalue weighted by Crippen LogP contribution is -2.54. The average molecular weight is 368 g/mol. The number of rotatable bonds is 4. The molecule has 1 aromatic rings. The molecule has 7 heteroatoms. The highest BCUT2D eigenvalue weighted by atomic mass is 35.5. The van der Waals surface area contributed by atoms with Gasteiger partial charge in [-0.1, -0.05) is 32.4 Å². The molecule has 25 heavy (non-hydrogen) atoms. The first kappa shape index (κ1) is 19.4. The van der Waals surface area contributed by atoms with Crippen LogP contribution in [0.15, 0.2) is 24.3 Å². The van der Waals surface area contributed by atoms with Gasteiger partial charge in [0.15, 0.2) is 6.61 Å². The molecule has 1 aromatic carbocycles. The Balaban J connectivity index is 1.72. The third-order valence-corrected chi connectivity index (χ3v) is 4.12. The summed E-state index contributed by atoms with van der Waals surface area (Å²) >= 11 is 5.81. The van der Waals surface area contributed by atoms with E-state index in [0.29, 0.717) is 43.5 Å². The van der Waals surface area contributed by atoms with Gasteiger partial charge in [0.2, 0.25) is 0 Å². The molecule has 6 nitrogen and oxygen atoms in total. The number of ether oxygens (including phenoxy) is 1. The zero-order chi connectivity index (χ0) is 18.4. The molecule has 138 valence electrons. The Morgan fingerprint density at radius 2 is 1.64 bits per heavy atom. The van der Waals surface area contributed by atoms with E-state index < -0.39 is 0 Å². The summed E-state index contributed by atoms with van der Waals surface area (Å²) in [4.78, 5) is 27.8. The summed E-state index contributed by atoms with van der Waals surface area (Å²) in [6, 6.07) is 6.83. The lowest BCUT2D eigenvalue weighted by atomic mass is 9.97. The van der Waals surface area contributed by atoms with E-state index in [1.807, 2.05) is 0 Å². The predicted molar refractivity (Wildman–Crippen MR) is 98.0 cm³/mol. The normalized spacial score (nSPS) is 15.0. The van der Waals surface area contributed by atoms with Gasteiger partial charge in [-0.3, -0.25) is 4.79 Å². The lowest BCUT2D eigenvalue weighted by molar-refractivity contribution is -0.134. The van der Waals surface area contributed by atoms with E-state index in [4.69, 9.17) is 16.3 Å². The van der Waals surface area contributed by atoms with E-state index in [1.165, 1.54) is 0 Å². The highest BCUT2D eigenvalue weighted by Gasteiger charge is 2.25. The minimum Gasteiger partial charge on any atom is -0.484 e. The van der Waals surface area contributed by atoms with Crippen molar-refractivity contribution in [2.75, 3.05) is 39.3 Å². The van der Waals surface area contributed by atoms with Crippen LogP contribution in [0.5, 0.6) is 5.75 Å². The van der Waals surface area contributed by atoms with Crippen molar-refractivity contribution in [2.45, 2.75) is 20.8 Å². The van der Waals surface area contributed by atoms with Gasteiger partial charge < -0.3 is 19.9 Å². The summed E-state index contributed by atoms with van der Waals surface area (Å²) < 4.78 is 5.48. The molecule has 3 amide bonds. The topological polar surface area (TPSA) is 61.9 Å². The highest BCUT2D eigenvalue weighted by Crippen LogP contribution is 2.16. The van der Waals surface area contributed by atoms with Gasteiger partial charge in [0.25, 0.3) is 5.91 Å². The Morgan fingerprint density at radius 1 is 1.08 bits per heavy atom. The quantitative estimate of drug-likeness (QED) is 0.889. The molecule has 0 radical (unpaired) electrons. The predicted octanol–water partition coefficient (Wildman–Crippen LogP) is 2.62. The van der Waals surface area contributed by atoms with Crippen molar-refractivity contribution in [3.8, 4) is 5.75 Å². The fourth-order valence-corrected chi connectivity index (χ4v) is 2.50. The fourth-order valence-electron chi connectivity index (χ4n) is 2.38. The number of carbonyl (C=O) groups excluding carboxylic acids is 2. The maximum atomic E-state index is 12.2. The molecule has 1 heterocycles. The number of benzene rings is 1. The second kappa shape index (κ2) is 8.43. The number of carbonyl (C=O) groups is 2. The fraction of sp³-hybridized carbons (Fsp3) is 0.556. The molecule has 0 aliphatic carbocycles. The smallest absolute Gasteiger partial charge is 0.317 e. The molecule has 2 rings (SSSR count). The number of hydrogen-bond acceptors (Lipinski definition) is 3. The van der Waals surface area contributed by atoms with Crippen molar-refractivity contribution in [3.05, 3.63) is 29.3 Å². The molecule has 0 unspecified atom stereocenters. The molecule has 0 aromatic heterocycles. The van der Waals surface area contributed by atoms with Crippen LogP contribution in [0.4, 0.5) is 4.79 Å². The minimum atomic E-state index is -0.0790. The largest absolute Gasteiger partial charge is 0.484 e. The Labute approximate surface area is 154 Å². The Morgan fingerprint density at radius 3 is 2.20 bits per heavy atom. The summed E-state index contributed by atoms with van der Waals surface area (Å²) in [5, 5.41) is 3.56. The zero-order valence-corrected chi connectivity index (χ0v) is 15.8. The van der Waals surface area contributed by atoms with Crippen LogP contribution in [-0.4, -0.2) is 61.1 Å². The third-order valence-electron chi connectivity index (χ3n) is 3.87. The van der Waals surface area contributed by atoms with E-state index >= 15 is 0 Å². The Kier molecular flexibility index (Phi) is 6.53. The Hall–Kier alpha value is -1.95. The van der Waals surface area contributed by atoms with Gasteiger partial charge in [-0.2, -0.15) is 0 Å². The minimum absolute atomic E-state index is 0.0160. The molecule has 0 atom stereocenters. The van der Waals surface area contributed by atoms with Crippen LogP contribution >= 0.6 is 11.6 Å². The van der Waals surface area contributed by atoms with Crippen molar-refractivity contribution in [1.82, 2.24) is 15.1 Å². The van der Waals surface area contributed by atoms with Gasteiger partial charge >= 0.3 is 6.03 Å². The number of nitrogens with one attached hydrogen (secondary N) is 1. The van der Waals surface area contributed by atoms with Gasteiger partial charge in [0.05, 0.1) is 0 Å².